The summed E-state index contributed by atoms with van der Waals surface area (Å²) in [6, 6.07) is 7.97. The first-order chi connectivity index (χ1) is 6.80. The Labute approximate surface area is 91.0 Å². The Morgan fingerprint density at radius 1 is 1.14 bits per heavy atom. The first-order valence-corrected chi connectivity index (χ1v) is 5.65. The van der Waals surface area contributed by atoms with E-state index >= 15 is 0 Å². The number of halogens is 1. The second kappa shape index (κ2) is 5.92. The number of alkyl halides is 1. The zero-order valence-electron chi connectivity index (χ0n) is 8.79. The van der Waals surface area contributed by atoms with Crippen LogP contribution in [0.1, 0.15) is 32.3 Å². The average molecular weight is 213 g/mol. The molecule has 1 aromatic rings. The summed E-state index contributed by atoms with van der Waals surface area (Å²) in [5.74, 6) is 1.50. The first-order valence-electron chi connectivity index (χ1n) is 5.11. The highest BCUT2D eigenvalue weighted by Gasteiger charge is 2.04. The van der Waals surface area contributed by atoms with Crippen molar-refractivity contribution in [2.75, 3.05) is 0 Å². The van der Waals surface area contributed by atoms with E-state index in [0.717, 1.165) is 24.2 Å². The fourth-order valence-electron chi connectivity index (χ4n) is 1.30. The molecule has 78 valence electrons. The van der Waals surface area contributed by atoms with Crippen LogP contribution in [0.4, 0.5) is 0 Å². The summed E-state index contributed by atoms with van der Waals surface area (Å²) in [5.41, 5.74) is 1.13. The van der Waals surface area contributed by atoms with E-state index in [2.05, 4.69) is 13.8 Å². The second-order valence-electron chi connectivity index (χ2n) is 3.33. The Bertz CT molecular complexity index is 252. The fourth-order valence-corrected chi connectivity index (χ4v) is 1.48. The summed E-state index contributed by atoms with van der Waals surface area (Å²) in [6.45, 7) is 4.28. The lowest BCUT2D eigenvalue weighted by atomic mass is 10.2. The maximum atomic E-state index is 5.77. The molecular formula is C12H17ClO. The zero-order chi connectivity index (χ0) is 10.4. The minimum Gasteiger partial charge on any atom is -0.490 e. The number of ether oxygens (including phenoxy) is 1. The molecule has 0 aliphatic rings. The maximum Gasteiger partial charge on any atom is 0.119 e. The predicted molar refractivity (Wildman–Crippen MR) is 61.0 cm³/mol. The minimum absolute atomic E-state index is 0.330. The van der Waals surface area contributed by atoms with Gasteiger partial charge in [-0.1, -0.05) is 26.0 Å². The van der Waals surface area contributed by atoms with Gasteiger partial charge in [0.05, 0.1) is 6.10 Å². The van der Waals surface area contributed by atoms with Gasteiger partial charge in [0.25, 0.3) is 0 Å². The summed E-state index contributed by atoms with van der Waals surface area (Å²) >= 11 is 5.70. The third-order valence-corrected chi connectivity index (χ3v) is 2.60. The number of hydrogen-bond donors (Lipinski definition) is 0. The molecule has 0 radical (unpaired) electrons. The molecule has 0 bridgehead atoms. The van der Waals surface area contributed by atoms with E-state index in [-0.39, 0.29) is 0 Å². The van der Waals surface area contributed by atoms with Gasteiger partial charge in [0.2, 0.25) is 0 Å². The van der Waals surface area contributed by atoms with Crippen molar-refractivity contribution in [3.8, 4) is 5.75 Å². The smallest absolute Gasteiger partial charge is 0.119 e. The molecule has 2 heteroatoms. The molecule has 0 atom stereocenters. The Morgan fingerprint density at radius 3 is 2.14 bits per heavy atom. The molecule has 1 aromatic carbocycles. The summed E-state index contributed by atoms with van der Waals surface area (Å²) in [7, 11) is 0. The Hall–Kier alpha value is -0.690. The molecule has 0 aromatic heterocycles. The van der Waals surface area contributed by atoms with E-state index in [1.165, 1.54) is 0 Å². The van der Waals surface area contributed by atoms with E-state index in [1.807, 2.05) is 24.3 Å². The van der Waals surface area contributed by atoms with Crippen LogP contribution in [0.25, 0.3) is 0 Å². The predicted octanol–water partition coefficient (Wildman–Crippen LogP) is 3.99. The van der Waals surface area contributed by atoms with E-state index in [1.54, 1.807) is 0 Å². The number of hydrogen-bond acceptors (Lipinski definition) is 1. The van der Waals surface area contributed by atoms with Gasteiger partial charge in [-0.3, -0.25) is 0 Å². The summed E-state index contributed by atoms with van der Waals surface area (Å²) in [4.78, 5) is 0. The van der Waals surface area contributed by atoms with Crippen LogP contribution in [0.15, 0.2) is 24.3 Å². The lowest BCUT2D eigenvalue weighted by Gasteiger charge is -2.15. The van der Waals surface area contributed by atoms with E-state index in [4.69, 9.17) is 16.3 Å². The van der Waals surface area contributed by atoms with Gasteiger partial charge < -0.3 is 4.74 Å². The van der Waals surface area contributed by atoms with Crippen LogP contribution < -0.4 is 4.74 Å². The van der Waals surface area contributed by atoms with E-state index < -0.39 is 0 Å². The number of benzene rings is 1. The molecule has 1 nitrogen and oxygen atoms in total. The highest BCUT2D eigenvalue weighted by molar-refractivity contribution is 6.17. The molecule has 0 spiro atoms. The van der Waals surface area contributed by atoms with Crippen LogP contribution in [0.3, 0.4) is 0 Å². The Morgan fingerprint density at radius 2 is 1.71 bits per heavy atom. The summed E-state index contributed by atoms with van der Waals surface area (Å²) in [6.07, 6.45) is 2.43. The molecule has 0 aliphatic carbocycles. The average Bonchev–Trinajstić information content (AvgIpc) is 2.26. The third-order valence-electron chi connectivity index (χ3n) is 2.29. The maximum absolute atomic E-state index is 5.77. The first kappa shape index (κ1) is 11.4. The van der Waals surface area contributed by atoms with Gasteiger partial charge in [0, 0.05) is 5.88 Å². The van der Waals surface area contributed by atoms with Crippen molar-refractivity contribution in [1.29, 1.82) is 0 Å². The lowest BCUT2D eigenvalue weighted by Crippen LogP contribution is -2.13. The van der Waals surface area contributed by atoms with Crippen molar-refractivity contribution >= 4 is 11.6 Å². The van der Waals surface area contributed by atoms with Crippen molar-refractivity contribution in [3.05, 3.63) is 29.8 Å². The molecule has 0 amide bonds. The number of rotatable bonds is 5. The molecule has 0 heterocycles. The van der Waals surface area contributed by atoms with Crippen molar-refractivity contribution in [2.45, 2.75) is 38.7 Å². The van der Waals surface area contributed by atoms with Crippen LogP contribution in [0.5, 0.6) is 5.75 Å². The highest BCUT2D eigenvalue weighted by Crippen LogP contribution is 2.16. The molecular weight excluding hydrogens is 196 g/mol. The van der Waals surface area contributed by atoms with Crippen LogP contribution in [0, 0.1) is 0 Å². The second-order valence-corrected chi connectivity index (χ2v) is 3.60. The van der Waals surface area contributed by atoms with Crippen molar-refractivity contribution in [3.63, 3.8) is 0 Å². The molecule has 1 rings (SSSR count). The van der Waals surface area contributed by atoms with E-state index in [0.29, 0.717) is 12.0 Å². The molecule has 14 heavy (non-hydrogen) atoms. The topological polar surface area (TPSA) is 9.23 Å². The standard InChI is InChI=1S/C12H17ClO/c1-3-11(4-2)14-12-7-5-10(9-13)6-8-12/h5-8,11H,3-4,9H2,1-2H3. The third kappa shape index (κ3) is 3.22. The van der Waals surface area contributed by atoms with Gasteiger partial charge in [0.15, 0.2) is 0 Å². The molecule has 0 saturated carbocycles. The quantitative estimate of drug-likeness (QED) is 0.671. The zero-order valence-corrected chi connectivity index (χ0v) is 9.55. The van der Waals surface area contributed by atoms with Crippen molar-refractivity contribution in [2.24, 2.45) is 0 Å². The normalized spacial score (nSPS) is 10.6. The Balaban J connectivity index is 2.58. The Kier molecular flexibility index (Phi) is 4.81. The van der Waals surface area contributed by atoms with Crippen LogP contribution in [-0.4, -0.2) is 6.10 Å². The van der Waals surface area contributed by atoms with Gasteiger partial charge in [0.1, 0.15) is 5.75 Å². The molecule has 0 N–H and O–H groups in total. The molecule has 0 aliphatic heterocycles. The summed E-state index contributed by atoms with van der Waals surface area (Å²) < 4.78 is 5.77. The fraction of sp³-hybridized carbons (Fsp3) is 0.500. The van der Waals surface area contributed by atoms with Crippen LogP contribution in [-0.2, 0) is 5.88 Å². The van der Waals surface area contributed by atoms with Crippen molar-refractivity contribution in [1.82, 2.24) is 0 Å². The van der Waals surface area contributed by atoms with E-state index in [9.17, 15) is 0 Å². The van der Waals surface area contributed by atoms with Gasteiger partial charge >= 0.3 is 0 Å². The largest absolute Gasteiger partial charge is 0.490 e. The SMILES string of the molecule is CCC(CC)Oc1ccc(CCl)cc1. The van der Waals surface area contributed by atoms with Crippen molar-refractivity contribution < 1.29 is 4.74 Å². The summed E-state index contributed by atoms with van der Waals surface area (Å²) in [5, 5.41) is 0. The van der Waals surface area contributed by atoms with Crippen LogP contribution >= 0.6 is 11.6 Å². The van der Waals surface area contributed by atoms with Crippen LogP contribution in [0.2, 0.25) is 0 Å². The molecule has 0 fully saturated rings. The minimum atomic E-state index is 0.330. The monoisotopic (exact) mass is 212 g/mol. The molecule has 0 unspecified atom stereocenters. The van der Waals surface area contributed by atoms with Gasteiger partial charge in [-0.25, -0.2) is 0 Å². The van der Waals surface area contributed by atoms with Gasteiger partial charge in [-0.2, -0.15) is 0 Å². The lowest BCUT2D eigenvalue weighted by molar-refractivity contribution is 0.193. The molecule has 0 saturated heterocycles. The van der Waals surface area contributed by atoms with Gasteiger partial charge in [-0.05, 0) is 30.5 Å². The highest BCUT2D eigenvalue weighted by atomic mass is 35.5. The van der Waals surface area contributed by atoms with Gasteiger partial charge in [-0.15, -0.1) is 11.6 Å².